The van der Waals surface area contributed by atoms with Crippen LogP contribution in [0.5, 0.6) is 0 Å². The summed E-state index contributed by atoms with van der Waals surface area (Å²) in [5.74, 6) is -0.152. The van der Waals surface area contributed by atoms with Crippen molar-refractivity contribution in [1.82, 2.24) is 14.7 Å². The molecule has 39 heavy (non-hydrogen) atoms. The van der Waals surface area contributed by atoms with Crippen molar-refractivity contribution in [1.29, 1.82) is 0 Å². The van der Waals surface area contributed by atoms with E-state index in [2.05, 4.69) is 32.0 Å². The number of aryl methyl sites for hydroxylation is 4. The number of piperazine rings is 1. The highest BCUT2D eigenvalue weighted by atomic mass is 19.4. The number of benzene rings is 3. The molecule has 1 fully saturated rings. The highest BCUT2D eigenvalue weighted by Crippen LogP contribution is 2.32. The molecular weight excluding hydrogens is 501 g/mol. The zero-order valence-electron chi connectivity index (χ0n) is 22.5. The summed E-state index contributed by atoms with van der Waals surface area (Å²) in [6, 6.07) is 19.4. The predicted octanol–water partition coefficient (Wildman–Crippen LogP) is 6.75. The summed E-state index contributed by atoms with van der Waals surface area (Å²) in [4.78, 5) is 17.5. The SMILES string of the molecule is Cc1ccc(-n2nc(-c3ccc(C)c(C)c3)cc2C(=O)N2CCN(c3cccc(C(F)(F)F)c3)CC2)c(C)c1. The summed E-state index contributed by atoms with van der Waals surface area (Å²) in [6.07, 6.45) is -4.39. The summed E-state index contributed by atoms with van der Waals surface area (Å²) in [5.41, 5.74) is 7.24. The monoisotopic (exact) mass is 532 g/mol. The fourth-order valence-corrected chi connectivity index (χ4v) is 5.01. The third-order valence-corrected chi connectivity index (χ3v) is 7.42. The molecule has 8 heteroatoms. The number of hydrogen-bond acceptors (Lipinski definition) is 3. The Labute approximate surface area is 226 Å². The molecule has 0 atom stereocenters. The van der Waals surface area contributed by atoms with Crippen LogP contribution in [0.15, 0.2) is 66.7 Å². The minimum atomic E-state index is -4.39. The number of nitrogens with zero attached hydrogens (tertiary/aromatic N) is 4. The van der Waals surface area contributed by atoms with Crippen molar-refractivity contribution in [3.05, 3.63) is 100 Å². The van der Waals surface area contributed by atoms with E-state index in [1.807, 2.05) is 43.0 Å². The second-order valence-electron chi connectivity index (χ2n) is 10.2. The Morgan fingerprint density at radius 3 is 2.21 bits per heavy atom. The van der Waals surface area contributed by atoms with Gasteiger partial charge in [0.2, 0.25) is 0 Å². The summed E-state index contributed by atoms with van der Waals surface area (Å²) in [5, 5.41) is 4.88. The van der Waals surface area contributed by atoms with Crippen LogP contribution in [0.1, 0.15) is 38.3 Å². The van der Waals surface area contributed by atoms with Crippen LogP contribution in [0.25, 0.3) is 16.9 Å². The molecule has 0 N–H and O–H groups in total. The van der Waals surface area contributed by atoms with Crippen molar-refractivity contribution < 1.29 is 18.0 Å². The second-order valence-corrected chi connectivity index (χ2v) is 10.2. The van der Waals surface area contributed by atoms with Crippen LogP contribution in [-0.2, 0) is 6.18 Å². The number of halogens is 3. The second kappa shape index (κ2) is 10.2. The molecule has 4 aromatic rings. The van der Waals surface area contributed by atoms with Crippen molar-refractivity contribution in [2.24, 2.45) is 0 Å². The molecule has 0 bridgehead atoms. The Balaban J connectivity index is 1.44. The molecule has 0 radical (unpaired) electrons. The molecule has 2 heterocycles. The van der Waals surface area contributed by atoms with Gasteiger partial charge in [0.1, 0.15) is 5.69 Å². The molecule has 1 aliphatic heterocycles. The average molecular weight is 533 g/mol. The Morgan fingerprint density at radius 2 is 1.54 bits per heavy atom. The number of carbonyl (C=O) groups excluding carboxylic acids is 1. The maximum atomic E-state index is 13.9. The van der Waals surface area contributed by atoms with Crippen LogP contribution in [0.4, 0.5) is 18.9 Å². The number of amides is 1. The van der Waals surface area contributed by atoms with Gasteiger partial charge in [0.15, 0.2) is 0 Å². The van der Waals surface area contributed by atoms with Crippen LogP contribution < -0.4 is 4.90 Å². The molecule has 0 saturated carbocycles. The maximum Gasteiger partial charge on any atom is 0.416 e. The standard InChI is InChI=1S/C31H31F3N4O/c1-20-8-11-28(23(4)16-20)38-29(19-27(35-38)24-10-9-21(2)22(3)17-24)30(39)37-14-12-36(13-15-37)26-7-5-6-25(18-26)31(32,33)34/h5-11,16-19H,12-15H2,1-4H3. The van der Waals surface area contributed by atoms with Crippen molar-refractivity contribution in [2.75, 3.05) is 31.1 Å². The molecule has 0 spiro atoms. The van der Waals surface area contributed by atoms with Crippen molar-refractivity contribution in [2.45, 2.75) is 33.9 Å². The van der Waals surface area contributed by atoms with E-state index in [1.165, 1.54) is 17.7 Å². The lowest BCUT2D eigenvalue weighted by molar-refractivity contribution is -0.137. The number of rotatable bonds is 4. The van der Waals surface area contributed by atoms with E-state index >= 15 is 0 Å². The van der Waals surface area contributed by atoms with Crippen molar-refractivity contribution >= 4 is 11.6 Å². The molecule has 0 aliphatic carbocycles. The Bertz CT molecular complexity index is 1530. The van der Waals surface area contributed by atoms with Gasteiger partial charge in [-0.05, 0) is 80.8 Å². The number of hydrogen-bond donors (Lipinski definition) is 0. The van der Waals surface area contributed by atoms with Gasteiger partial charge in [-0.1, -0.05) is 35.9 Å². The Hall–Kier alpha value is -4.07. The van der Waals surface area contributed by atoms with Crippen LogP contribution in [0.3, 0.4) is 0 Å². The first kappa shape index (κ1) is 26.5. The van der Waals surface area contributed by atoms with Gasteiger partial charge in [0.25, 0.3) is 5.91 Å². The lowest BCUT2D eigenvalue weighted by Gasteiger charge is -2.36. The van der Waals surface area contributed by atoms with E-state index in [0.29, 0.717) is 43.3 Å². The van der Waals surface area contributed by atoms with E-state index in [1.54, 1.807) is 15.6 Å². The minimum absolute atomic E-state index is 0.152. The fraction of sp³-hybridized carbons (Fsp3) is 0.290. The van der Waals surface area contributed by atoms with E-state index in [0.717, 1.165) is 34.0 Å². The fourth-order valence-electron chi connectivity index (χ4n) is 5.01. The lowest BCUT2D eigenvalue weighted by atomic mass is 10.0. The largest absolute Gasteiger partial charge is 0.416 e. The van der Waals surface area contributed by atoms with E-state index < -0.39 is 11.7 Å². The molecule has 1 aliphatic rings. The van der Waals surface area contributed by atoms with Gasteiger partial charge in [-0.3, -0.25) is 4.79 Å². The zero-order chi connectivity index (χ0) is 27.9. The van der Waals surface area contributed by atoms with Crippen LogP contribution in [0.2, 0.25) is 0 Å². The highest BCUT2D eigenvalue weighted by molar-refractivity contribution is 5.94. The summed E-state index contributed by atoms with van der Waals surface area (Å²) in [7, 11) is 0. The third kappa shape index (κ3) is 5.41. The quantitative estimate of drug-likeness (QED) is 0.292. The number of aromatic nitrogens is 2. The molecule has 3 aromatic carbocycles. The van der Waals surface area contributed by atoms with E-state index in [4.69, 9.17) is 5.10 Å². The highest BCUT2D eigenvalue weighted by Gasteiger charge is 2.32. The summed E-state index contributed by atoms with van der Waals surface area (Å²) in [6.45, 7) is 9.80. The minimum Gasteiger partial charge on any atom is -0.368 e. The van der Waals surface area contributed by atoms with Crippen molar-refractivity contribution in [3.63, 3.8) is 0 Å². The zero-order valence-corrected chi connectivity index (χ0v) is 22.5. The van der Waals surface area contributed by atoms with E-state index in [-0.39, 0.29) is 5.91 Å². The van der Waals surface area contributed by atoms with Gasteiger partial charge in [-0.15, -0.1) is 0 Å². The first-order valence-electron chi connectivity index (χ1n) is 13.0. The van der Waals surface area contributed by atoms with Crippen LogP contribution >= 0.6 is 0 Å². The van der Waals surface area contributed by atoms with Gasteiger partial charge < -0.3 is 9.80 Å². The van der Waals surface area contributed by atoms with Crippen LogP contribution in [0, 0.1) is 27.7 Å². The molecule has 202 valence electrons. The Kier molecular flexibility index (Phi) is 6.97. The van der Waals surface area contributed by atoms with Crippen molar-refractivity contribution in [3.8, 4) is 16.9 Å². The first-order valence-corrected chi connectivity index (χ1v) is 13.0. The summed E-state index contributed by atoms with van der Waals surface area (Å²) >= 11 is 0. The number of carbonyl (C=O) groups is 1. The van der Waals surface area contributed by atoms with Gasteiger partial charge in [-0.2, -0.15) is 18.3 Å². The smallest absolute Gasteiger partial charge is 0.368 e. The van der Waals surface area contributed by atoms with Gasteiger partial charge >= 0.3 is 6.18 Å². The van der Waals surface area contributed by atoms with Gasteiger partial charge in [0, 0.05) is 37.4 Å². The van der Waals surface area contributed by atoms with Crippen LogP contribution in [-0.4, -0.2) is 46.8 Å². The number of alkyl halides is 3. The van der Waals surface area contributed by atoms with E-state index in [9.17, 15) is 18.0 Å². The molecule has 5 rings (SSSR count). The molecule has 5 nitrogen and oxygen atoms in total. The predicted molar refractivity (Wildman–Crippen MR) is 148 cm³/mol. The lowest BCUT2D eigenvalue weighted by Crippen LogP contribution is -2.49. The first-order chi connectivity index (χ1) is 18.5. The third-order valence-electron chi connectivity index (χ3n) is 7.42. The molecule has 1 saturated heterocycles. The molecule has 1 amide bonds. The normalized spacial score (nSPS) is 14.1. The molecular formula is C31H31F3N4O. The van der Waals surface area contributed by atoms with Gasteiger partial charge in [-0.25, -0.2) is 4.68 Å². The summed E-state index contributed by atoms with van der Waals surface area (Å²) < 4.78 is 41.3. The number of anilines is 1. The average Bonchev–Trinajstić information content (AvgIpc) is 3.34. The molecule has 1 aromatic heterocycles. The maximum absolute atomic E-state index is 13.9. The molecule has 0 unspecified atom stereocenters. The topological polar surface area (TPSA) is 41.4 Å². The van der Waals surface area contributed by atoms with Gasteiger partial charge in [0.05, 0.1) is 16.9 Å². The Morgan fingerprint density at radius 1 is 0.795 bits per heavy atom.